The molecule has 0 spiro atoms. The van der Waals surface area contributed by atoms with Crippen molar-refractivity contribution in [3.05, 3.63) is 30.1 Å². The average Bonchev–Trinajstić information content (AvgIpc) is 2.94. The molecular weight excluding hydrogens is 240 g/mol. The lowest BCUT2D eigenvalue weighted by molar-refractivity contribution is -0.128. The molecule has 1 aliphatic rings. The van der Waals surface area contributed by atoms with Gasteiger partial charge < -0.3 is 4.98 Å². The van der Waals surface area contributed by atoms with Crippen LogP contribution in [-0.2, 0) is 10.2 Å². The minimum atomic E-state index is -0.480. The molecule has 3 rings (SSSR count). The molecule has 5 heteroatoms. The van der Waals surface area contributed by atoms with Gasteiger partial charge in [0.15, 0.2) is 0 Å². The first-order valence-corrected chi connectivity index (χ1v) is 6.71. The highest BCUT2D eigenvalue weighted by Gasteiger charge is 2.40. The van der Waals surface area contributed by atoms with Crippen molar-refractivity contribution in [2.24, 2.45) is 5.84 Å². The number of nitrogens with zero attached hydrogens (tertiary/aromatic N) is 1. The van der Waals surface area contributed by atoms with Gasteiger partial charge in [0, 0.05) is 0 Å². The minimum absolute atomic E-state index is 0.0777. The number of hydrogen-bond donors (Lipinski definition) is 3. The Labute approximate surface area is 111 Å². The molecule has 2 aromatic rings. The molecule has 100 valence electrons. The second-order valence-corrected chi connectivity index (χ2v) is 5.25. The van der Waals surface area contributed by atoms with Gasteiger partial charge in [0.2, 0.25) is 5.91 Å². The summed E-state index contributed by atoms with van der Waals surface area (Å²) in [5.74, 6) is 5.32. The molecule has 4 N–H and O–H groups in total. The molecule has 1 aromatic heterocycles. The topological polar surface area (TPSA) is 83.8 Å². The lowest BCUT2D eigenvalue weighted by Gasteiger charge is -2.35. The number of nitrogens with one attached hydrogen (secondary N) is 2. The number of aromatic nitrogens is 2. The Morgan fingerprint density at radius 3 is 2.84 bits per heavy atom. The van der Waals surface area contributed by atoms with Crippen LogP contribution < -0.4 is 11.3 Å². The molecule has 1 heterocycles. The van der Waals surface area contributed by atoms with Crippen molar-refractivity contribution < 1.29 is 4.79 Å². The van der Waals surface area contributed by atoms with Gasteiger partial charge in [-0.05, 0) is 30.5 Å². The third-order valence-electron chi connectivity index (χ3n) is 4.25. The third kappa shape index (κ3) is 1.90. The largest absolute Gasteiger partial charge is 0.345 e. The summed E-state index contributed by atoms with van der Waals surface area (Å²) in [5, 5.41) is 0. The maximum Gasteiger partial charge on any atom is 0.244 e. The summed E-state index contributed by atoms with van der Waals surface area (Å²) < 4.78 is 0. The molecule has 0 aliphatic heterocycles. The molecule has 1 saturated carbocycles. The van der Waals surface area contributed by atoms with Gasteiger partial charge in [0.05, 0.1) is 22.8 Å². The van der Waals surface area contributed by atoms with E-state index in [1.807, 2.05) is 18.2 Å². The van der Waals surface area contributed by atoms with E-state index in [0.29, 0.717) is 0 Å². The van der Waals surface area contributed by atoms with Gasteiger partial charge >= 0.3 is 0 Å². The lowest BCUT2D eigenvalue weighted by Crippen LogP contribution is -2.48. The van der Waals surface area contributed by atoms with Crippen molar-refractivity contribution in [1.82, 2.24) is 15.4 Å². The SMILES string of the molecule is NNC(=O)C1(c2ccc3nc[nH]c3c2)CCCCC1. The molecule has 19 heavy (non-hydrogen) atoms. The highest BCUT2D eigenvalue weighted by molar-refractivity contribution is 5.89. The molecular formula is C14H18N4O. The maximum absolute atomic E-state index is 12.3. The van der Waals surface area contributed by atoms with Gasteiger partial charge in [0.25, 0.3) is 0 Å². The Kier molecular flexibility index (Phi) is 2.98. The van der Waals surface area contributed by atoms with Crippen molar-refractivity contribution in [3.8, 4) is 0 Å². The van der Waals surface area contributed by atoms with Gasteiger partial charge in [-0.1, -0.05) is 25.3 Å². The zero-order valence-corrected chi connectivity index (χ0v) is 10.8. The fourth-order valence-corrected chi connectivity index (χ4v) is 3.17. The molecule has 1 aromatic carbocycles. The van der Waals surface area contributed by atoms with Gasteiger partial charge in [-0.25, -0.2) is 10.8 Å². The van der Waals surface area contributed by atoms with Crippen LogP contribution >= 0.6 is 0 Å². The van der Waals surface area contributed by atoms with Crippen LogP contribution in [0.5, 0.6) is 0 Å². The summed E-state index contributed by atoms with van der Waals surface area (Å²) in [7, 11) is 0. The number of amides is 1. The van der Waals surface area contributed by atoms with E-state index in [0.717, 1.165) is 42.3 Å². The monoisotopic (exact) mass is 258 g/mol. The fourth-order valence-electron chi connectivity index (χ4n) is 3.17. The number of hydrogen-bond acceptors (Lipinski definition) is 3. The number of carbonyl (C=O) groups excluding carboxylic acids is 1. The van der Waals surface area contributed by atoms with Gasteiger partial charge in [-0.3, -0.25) is 10.2 Å². The quantitative estimate of drug-likeness (QED) is 0.436. The molecule has 0 saturated heterocycles. The first kappa shape index (κ1) is 12.2. The normalized spacial score (nSPS) is 18.4. The molecule has 1 fully saturated rings. The van der Waals surface area contributed by atoms with Crippen molar-refractivity contribution in [1.29, 1.82) is 0 Å². The number of benzene rings is 1. The molecule has 0 atom stereocenters. The number of nitrogens with two attached hydrogens (primary N) is 1. The Bertz CT molecular complexity index is 598. The summed E-state index contributed by atoms with van der Waals surface area (Å²) in [6.07, 6.45) is 6.70. The van der Waals surface area contributed by atoms with Crippen molar-refractivity contribution in [2.45, 2.75) is 37.5 Å². The van der Waals surface area contributed by atoms with Crippen LogP contribution in [0.2, 0.25) is 0 Å². The molecule has 0 radical (unpaired) electrons. The average molecular weight is 258 g/mol. The summed E-state index contributed by atoms with van der Waals surface area (Å²) in [5.41, 5.74) is 4.79. The van der Waals surface area contributed by atoms with Crippen molar-refractivity contribution >= 4 is 16.9 Å². The van der Waals surface area contributed by atoms with Crippen LogP contribution in [-0.4, -0.2) is 15.9 Å². The van der Waals surface area contributed by atoms with E-state index >= 15 is 0 Å². The smallest absolute Gasteiger partial charge is 0.244 e. The number of rotatable bonds is 2. The number of carbonyl (C=O) groups is 1. The Balaban J connectivity index is 2.09. The zero-order valence-electron chi connectivity index (χ0n) is 10.8. The standard InChI is InChI=1S/C14H18N4O/c15-18-13(19)14(6-2-1-3-7-14)10-4-5-11-12(8-10)17-9-16-11/h4-5,8-9H,1-3,6-7,15H2,(H,16,17)(H,18,19). The maximum atomic E-state index is 12.3. The summed E-state index contributed by atoms with van der Waals surface area (Å²) in [4.78, 5) is 19.6. The number of fused-ring (bicyclic) bond motifs is 1. The van der Waals surface area contributed by atoms with Crippen molar-refractivity contribution in [2.75, 3.05) is 0 Å². The fraction of sp³-hybridized carbons (Fsp3) is 0.429. The van der Waals surface area contributed by atoms with Crippen LogP contribution in [0.3, 0.4) is 0 Å². The molecule has 5 nitrogen and oxygen atoms in total. The molecule has 0 bridgehead atoms. The first-order chi connectivity index (χ1) is 9.26. The zero-order chi connectivity index (χ0) is 13.3. The van der Waals surface area contributed by atoms with Crippen LogP contribution in [0.1, 0.15) is 37.7 Å². The summed E-state index contributed by atoms with van der Waals surface area (Å²) in [6.45, 7) is 0. The van der Waals surface area contributed by atoms with Crippen LogP contribution in [0.25, 0.3) is 11.0 Å². The first-order valence-electron chi connectivity index (χ1n) is 6.71. The Hall–Kier alpha value is -1.88. The third-order valence-corrected chi connectivity index (χ3v) is 4.25. The van der Waals surface area contributed by atoms with Gasteiger partial charge in [0.1, 0.15) is 0 Å². The van der Waals surface area contributed by atoms with Crippen LogP contribution in [0.15, 0.2) is 24.5 Å². The molecule has 1 amide bonds. The van der Waals surface area contributed by atoms with E-state index in [1.165, 1.54) is 6.42 Å². The van der Waals surface area contributed by atoms with E-state index in [4.69, 9.17) is 5.84 Å². The second-order valence-electron chi connectivity index (χ2n) is 5.25. The second kappa shape index (κ2) is 4.66. The molecule has 0 unspecified atom stereocenters. The molecule has 1 aliphatic carbocycles. The minimum Gasteiger partial charge on any atom is -0.345 e. The Morgan fingerprint density at radius 1 is 1.32 bits per heavy atom. The predicted octanol–water partition coefficient (Wildman–Crippen LogP) is 1.75. The van der Waals surface area contributed by atoms with Crippen LogP contribution in [0.4, 0.5) is 0 Å². The number of aromatic amines is 1. The number of hydrazine groups is 1. The number of H-pyrrole nitrogens is 1. The van der Waals surface area contributed by atoms with E-state index in [-0.39, 0.29) is 5.91 Å². The van der Waals surface area contributed by atoms with Crippen LogP contribution in [0, 0.1) is 0 Å². The van der Waals surface area contributed by atoms with Crippen molar-refractivity contribution in [3.63, 3.8) is 0 Å². The van der Waals surface area contributed by atoms with Gasteiger partial charge in [-0.2, -0.15) is 0 Å². The summed E-state index contributed by atoms with van der Waals surface area (Å²) >= 11 is 0. The lowest BCUT2D eigenvalue weighted by atomic mass is 9.69. The Morgan fingerprint density at radius 2 is 2.11 bits per heavy atom. The summed E-state index contributed by atoms with van der Waals surface area (Å²) in [6, 6.07) is 5.99. The van der Waals surface area contributed by atoms with E-state index < -0.39 is 5.41 Å². The highest BCUT2D eigenvalue weighted by Crippen LogP contribution is 2.40. The predicted molar refractivity (Wildman–Crippen MR) is 73.2 cm³/mol. The highest BCUT2D eigenvalue weighted by atomic mass is 16.2. The van der Waals surface area contributed by atoms with E-state index in [9.17, 15) is 4.79 Å². The van der Waals surface area contributed by atoms with Gasteiger partial charge in [-0.15, -0.1) is 0 Å². The van der Waals surface area contributed by atoms with E-state index in [2.05, 4.69) is 15.4 Å². The van der Waals surface area contributed by atoms with E-state index in [1.54, 1.807) is 6.33 Å². The number of imidazole rings is 1.